The fourth-order valence-corrected chi connectivity index (χ4v) is 4.36. The Labute approximate surface area is 245 Å². The molecule has 2 heterocycles. The third-order valence-corrected chi connectivity index (χ3v) is 6.42. The molecule has 14 nitrogen and oxygen atoms in total. The maximum absolute atomic E-state index is 11.8. The van der Waals surface area contributed by atoms with E-state index in [0.717, 1.165) is 58.4 Å². The molecule has 2 N–H and O–H groups in total. The summed E-state index contributed by atoms with van der Waals surface area (Å²) in [5.41, 5.74) is 3.88. The Hall–Kier alpha value is -4.21. The number of imidazole rings is 1. The molecule has 0 fully saturated rings. The number of rotatable bonds is 15. The zero-order valence-corrected chi connectivity index (χ0v) is 23.6. The number of ether oxygens (including phenoxy) is 2. The number of hydrogen-bond donors (Lipinski definition) is 2. The van der Waals surface area contributed by atoms with Gasteiger partial charge >= 0.3 is 6.16 Å². The fraction of sp³-hybridized carbons (Fsp3) is 0.333. The van der Waals surface area contributed by atoms with Gasteiger partial charge in [-0.05, 0) is 28.3 Å². The molecule has 0 unspecified atom stereocenters. The molecule has 0 aliphatic carbocycles. The Bertz CT molecular complexity index is 1470. The fourth-order valence-electron chi connectivity index (χ4n) is 4.12. The highest BCUT2D eigenvalue weighted by Gasteiger charge is 2.17. The number of unbranched alkanes of at least 4 members (excludes halogenated alkanes) is 1. The van der Waals surface area contributed by atoms with Gasteiger partial charge in [0.25, 0.3) is 0 Å². The van der Waals surface area contributed by atoms with Gasteiger partial charge in [-0.25, -0.2) is 9.78 Å². The Morgan fingerprint density at radius 1 is 1.05 bits per heavy atom. The molecule has 0 saturated heterocycles. The van der Waals surface area contributed by atoms with E-state index >= 15 is 0 Å². The van der Waals surface area contributed by atoms with Gasteiger partial charge < -0.3 is 14.0 Å². The summed E-state index contributed by atoms with van der Waals surface area (Å²) in [5, 5.41) is 29.1. The summed E-state index contributed by atoms with van der Waals surface area (Å²) >= 11 is 6.22. The molecule has 4 rings (SSSR count). The van der Waals surface area contributed by atoms with Gasteiger partial charge in [0.05, 0.1) is 18.6 Å². The molecule has 15 heteroatoms. The molecule has 0 spiro atoms. The summed E-state index contributed by atoms with van der Waals surface area (Å²) in [6.45, 7) is 2.12. The van der Waals surface area contributed by atoms with E-state index in [1.165, 1.54) is 0 Å². The number of hydrogen-bond acceptors (Lipinski definition) is 12. The smallest absolute Gasteiger partial charge is 0.434 e. The van der Waals surface area contributed by atoms with Crippen LogP contribution in [0.15, 0.2) is 48.5 Å². The second-order valence-corrected chi connectivity index (χ2v) is 9.41. The van der Waals surface area contributed by atoms with E-state index in [4.69, 9.17) is 31.5 Å². The van der Waals surface area contributed by atoms with Crippen molar-refractivity contribution in [3.05, 3.63) is 70.8 Å². The van der Waals surface area contributed by atoms with Gasteiger partial charge in [-0.3, -0.25) is 20.0 Å². The molecule has 222 valence electrons. The van der Waals surface area contributed by atoms with Gasteiger partial charge in [0.2, 0.25) is 12.6 Å². The Morgan fingerprint density at radius 2 is 1.81 bits per heavy atom. The van der Waals surface area contributed by atoms with Gasteiger partial charge in [-0.15, -0.1) is 15.0 Å². The first-order valence-electron chi connectivity index (χ1n) is 13.2. The molecule has 0 radical (unpaired) electrons. The second-order valence-electron chi connectivity index (χ2n) is 9.05. The lowest BCUT2D eigenvalue weighted by Crippen LogP contribution is -2.17. The van der Waals surface area contributed by atoms with Crippen molar-refractivity contribution in [1.29, 1.82) is 0 Å². The number of benzene rings is 2. The lowest BCUT2D eigenvalue weighted by Gasteiger charge is -2.11. The Kier molecular flexibility index (Phi) is 11.1. The Balaban J connectivity index is 1.41. The average molecular weight is 600 g/mol. The van der Waals surface area contributed by atoms with Crippen LogP contribution in [0.2, 0.25) is 5.15 Å². The zero-order chi connectivity index (χ0) is 29.9. The summed E-state index contributed by atoms with van der Waals surface area (Å²) in [6, 6.07) is 15.5. The van der Waals surface area contributed by atoms with Crippen LogP contribution in [-0.4, -0.2) is 71.2 Å². The number of tetrazole rings is 1. The van der Waals surface area contributed by atoms with Crippen LogP contribution in [0, 0.1) is 0 Å². The molecule has 0 aliphatic heterocycles. The predicted molar refractivity (Wildman–Crippen MR) is 147 cm³/mol. The lowest BCUT2D eigenvalue weighted by molar-refractivity contribution is -0.492. The molecular weight excluding hydrogens is 570 g/mol. The molecule has 0 aliphatic rings. The second kappa shape index (κ2) is 15.1. The molecule has 0 amide bonds. The summed E-state index contributed by atoms with van der Waals surface area (Å²) in [7, 11) is 0. The molecular formula is C27H30ClN7O7. The Morgan fingerprint density at radius 3 is 2.52 bits per heavy atom. The topological polar surface area (TPSA) is 167 Å². The van der Waals surface area contributed by atoms with Crippen LogP contribution in [0.4, 0.5) is 4.79 Å². The van der Waals surface area contributed by atoms with Crippen molar-refractivity contribution in [1.82, 2.24) is 35.1 Å². The number of aromatic nitrogens is 6. The van der Waals surface area contributed by atoms with E-state index in [9.17, 15) is 9.59 Å². The average Bonchev–Trinajstić information content (AvgIpc) is 3.58. The van der Waals surface area contributed by atoms with Gasteiger partial charge in [-0.2, -0.15) is 0 Å². The summed E-state index contributed by atoms with van der Waals surface area (Å²) in [5.74, 6) is 1.13. The number of nitrogens with zero attached hydrogens (tertiary/aromatic N) is 7. The highest BCUT2D eigenvalue weighted by Crippen LogP contribution is 2.30. The molecule has 0 bridgehead atoms. The van der Waals surface area contributed by atoms with E-state index in [1.807, 2.05) is 53.1 Å². The van der Waals surface area contributed by atoms with Crippen LogP contribution in [0.3, 0.4) is 0 Å². The van der Waals surface area contributed by atoms with Crippen molar-refractivity contribution in [2.45, 2.75) is 45.9 Å². The SMILES string of the molecule is CCCCc1nc(Cl)c(C=O)n1Cc1ccc(-c2ccccc2-c2nnn(COC(=O)OCCCON(O)O)n2)cc1. The summed E-state index contributed by atoms with van der Waals surface area (Å²) < 4.78 is 11.7. The van der Waals surface area contributed by atoms with Crippen molar-refractivity contribution in [2.75, 3.05) is 13.2 Å². The lowest BCUT2D eigenvalue weighted by atomic mass is 9.98. The predicted octanol–water partition coefficient (Wildman–Crippen LogP) is 4.57. The molecule has 2 aromatic carbocycles. The highest BCUT2D eigenvalue weighted by molar-refractivity contribution is 6.31. The van der Waals surface area contributed by atoms with Crippen LogP contribution < -0.4 is 0 Å². The summed E-state index contributed by atoms with van der Waals surface area (Å²) in [4.78, 5) is 33.3. The largest absolute Gasteiger partial charge is 0.510 e. The van der Waals surface area contributed by atoms with E-state index in [-0.39, 0.29) is 31.5 Å². The third-order valence-electron chi connectivity index (χ3n) is 6.15. The molecule has 2 aromatic heterocycles. The maximum Gasteiger partial charge on any atom is 0.510 e. The third kappa shape index (κ3) is 8.18. The van der Waals surface area contributed by atoms with E-state index in [2.05, 4.69) is 32.2 Å². The number of halogens is 1. The van der Waals surface area contributed by atoms with Crippen molar-refractivity contribution in [3.8, 4) is 22.5 Å². The van der Waals surface area contributed by atoms with Crippen molar-refractivity contribution < 1.29 is 34.3 Å². The van der Waals surface area contributed by atoms with Gasteiger partial charge in [-0.1, -0.05) is 73.5 Å². The van der Waals surface area contributed by atoms with Crippen molar-refractivity contribution in [2.24, 2.45) is 0 Å². The number of carbonyl (C=O) groups is 2. The number of carbonyl (C=O) groups excluding carboxylic acids is 2. The zero-order valence-electron chi connectivity index (χ0n) is 22.8. The molecule has 0 atom stereocenters. The highest BCUT2D eigenvalue weighted by atomic mass is 35.5. The van der Waals surface area contributed by atoms with Gasteiger partial charge in [0, 0.05) is 24.9 Å². The normalized spacial score (nSPS) is 11.2. The van der Waals surface area contributed by atoms with E-state index < -0.39 is 11.5 Å². The first kappa shape index (κ1) is 30.7. The molecule has 0 saturated carbocycles. The quantitative estimate of drug-likeness (QED) is 0.0846. The van der Waals surface area contributed by atoms with Crippen LogP contribution in [-0.2, 0) is 34.0 Å². The van der Waals surface area contributed by atoms with Gasteiger partial charge in [0.1, 0.15) is 11.5 Å². The van der Waals surface area contributed by atoms with Crippen LogP contribution in [0.5, 0.6) is 0 Å². The van der Waals surface area contributed by atoms with Gasteiger partial charge in [0.15, 0.2) is 11.4 Å². The monoisotopic (exact) mass is 599 g/mol. The van der Waals surface area contributed by atoms with E-state index in [0.29, 0.717) is 18.1 Å². The first-order valence-corrected chi connectivity index (χ1v) is 13.5. The minimum atomic E-state index is -0.949. The first-order chi connectivity index (χ1) is 20.4. The van der Waals surface area contributed by atoms with Crippen LogP contribution in [0.1, 0.15) is 48.1 Å². The van der Waals surface area contributed by atoms with Crippen LogP contribution >= 0.6 is 11.6 Å². The van der Waals surface area contributed by atoms with Crippen LogP contribution in [0.25, 0.3) is 22.5 Å². The minimum absolute atomic E-state index is 0.0524. The standard InChI is InChI=1S/C27H30ClN7O7/c1-2-3-9-24-29-25(28)23(17-36)33(24)16-19-10-12-20(13-11-19)21-7-4-5-8-22(21)26-30-32-34(31-26)18-41-27(37)40-14-6-15-42-35(38)39/h4-5,7-8,10-13,17,38-39H,2-3,6,9,14-16,18H2,1H3. The van der Waals surface area contributed by atoms with Crippen molar-refractivity contribution in [3.63, 3.8) is 0 Å². The van der Waals surface area contributed by atoms with E-state index in [1.54, 1.807) is 0 Å². The number of aldehydes is 1. The summed E-state index contributed by atoms with van der Waals surface area (Å²) in [6.07, 6.45) is 2.70. The minimum Gasteiger partial charge on any atom is -0.434 e. The molecule has 4 aromatic rings. The number of aryl methyl sites for hydroxylation is 1. The molecule has 42 heavy (non-hydrogen) atoms. The maximum atomic E-state index is 11.8. The van der Waals surface area contributed by atoms with Crippen molar-refractivity contribution >= 4 is 24.0 Å².